The Bertz CT molecular complexity index is 477. The molecule has 20 heavy (non-hydrogen) atoms. The van der Waals surface area contributed by atoms with Crippen molar-refractivity contribution in [3.8, 4) is 0 Å². The van der Waals surface area contributed by atoms with Crippen LogP contribution in [-0.4, -0.2) is 25.1 Å². The Morgan fingerprint density at radius 1 is 1.25 bits per heavy atom. The van der Waals surface area contributed by atoms with E-state index in [0.29, 0.717) is 12.0 Å². The third-order valence-corrected chi connectivity index (χ3v) is 4.23. The van der Waals surface area contributed by atoms with Crippen LogP contribution in [-0.2, 0) is 6.42 Å². The Morgan fingerprint density at radius 3 is 2.90 bits per heavy atom. The Balaban J connectivity index is 1.67. The van der Waals surface area contributed by atoms with E-state index in [1.165, 1.54) is 43.2 Å². The molecule has 0 spiro atoms. The van der Waals surface area contributed by atoms with Crippen molar-refractivity contribution in [1.82, 2.24) is 10.6 Å². The number of hydrogen-bond acceptors (Lipinski definition) is 1. The first-order valence-corrected chi connectivity index (χ1v) is 7.99. The van der Waals surface area contributed by atoms with Gasteiger partial charge in [-0.1, -0.05) is 24.3 Å². The summed E-state index contributed by atoms with van der Waals surface area (Å²) in [4.78, 5) is 4.81. The molecule has 3 heteroatoms. The van der Waals surface area contributed by atoms with Crippen molar-refractivity contribution in [2.45, 2.75) is 51.0 Å². The van der Waals surface area contributed by atoms with E-state index >= 15 is 0 Å². The van der Waals surface area contributed by atoms with E-state index in [2.05, 4.69) is 41.8 Å². The van der Waals surface area contributed by atoms with Crippen LogP contribution in [0.2, 0.25) is 0 Å². The largest absolute Gasteiger partial charge is 0.357 e. The molecule has 2 N–H and O–H groups in total. The molecule has 0 aliphatic heterocycles. The van der Waals surface area contributed by atoms with Gasteiger partial charge in [0, 0.05) is 25.0 Å². The van der Waals surface area contributed by atoms with Crippen molar-refractivity contribution in [3.63, 3.8) is 0 Å². The summed E-state index contributed by atoms with van der Waals surface area (Å²) in [5.74, 6) is 1.59. The van der Waals surface area contributed by atoms with Gasteiger partial charge < -0.3 is 10.6 Å². The maximum Gasteiger partial charge on any atom is 0.191 e. The average molecular weight is 271 g/mol. The number of nitrogens with one attached hydrogen (secondary N) is 2. The highest BCUT2D eigenvalue weighted by molar-refractivity contribution is 5.80. The molecule has 3 nitrogen and oxygen atoms in total. The molecule has 1 aromatic rings. The van der Waals surface area contributed by atoms with Crippen molar-refractivity contribution in [2.75, 3.05) is 13.1 Å². The number of benzene rings is 1. The van der Waals surface area contributed by atoms with Gasteiger partial charge in [-0.3, -0.25) is 4.99 Å². The van der Waals surface area contributed by atoms with Crippen molar-refractivity contribution in [2.24, 2.45) is 4.99 Å². The maximum atomic E-state index is 4.81. The molecule has 0 radical (unpaired) electrons. The van der Waals surface area contributed by atoms with E-state index in [1.807, 2.05) is 0 Å². The van der Waals surface area contributed by atoms with E-state index in [9.17, 15) is 0 Å². The lowest BCUT2D eigenvalue weighted by Gasteiger charge is -2.24. The first-order chi connectivity index (χ1) is 9.86. The van der Waals surface area contributed by atoms with Crippen molar-refractivity contribution in [1.29, 1.82) is 0 Å². The minimum absolute atomic E-state index is 0.592. The Hall–Kier alpha value is -1.51. The highest BCUT2D eigenvalue weighted by Gasteiger charge is 2.23. The molecule has 0 bridgehead atoms. The van der Waals surface area contributed by atoms with Crippen LogP contribution in [0, 0.1) is 0 Å². The van der Waals surface area contributed by atoms with Crippen LogP contribution in [0.5, 0.6) is 0 Å². The first kappa shape index (κ1) is 13.5. The summed E-state index contributed by atoms with van der Waals surface area (Å²) in [6.45, 7) is 3.96. The highest BCUT2D eigenvalue weighted by Crippen LogP contribution is 2.31. The van der Waals surface area contributed by atoms with Crippen LogP contribution in [0.4, 0.5) is 0 Å². The lowest BCUT2D eigenvalue weighted by atomic mass is 9.83. The zero-order chi connectivity index (χ0) is 13.8. The molecule has 1 saturated carbocycles. The molecular weight excluding hydrogens is 246 g/mol. The second kappa shape index (κ2) is 6.29. The number of aryl methyl sites for hydroxylation is 1. The molecule has 0 saturated heterocycles. The molecule has 1 aromatic carbocycles. The first-order valence-electron chi connectivity index (χ1n) is 7.99. The summed E-state index contributed by atoms with van der Waals surface area (Å²) >= 11 is 0. The lowest BCUT2D eigenvalue weighted by Crippen LogP contribution is -2.38. The van der Waals surface area contributed by atoms with Gasteiger partial charge in [0.05, 0.1) is 0 Å². The fourth-order valence-corrected chi connectivity index (χ4v) is 2.99. The second-order valence-corrected chi connectivity index (χ2v) is 5.93. The van der Waals surface area contributed by atoms with Crippen LogP contribution in [0.3, 0.4) is 0 Å². The van der Waals surface area contributed by atoms with Crippen molar-refractivity contribution >= 4 is 5.96 Å². The third kappa shape index (κ3) is 3.33. The van der Waals surface area contributed by atoms with Crippen LogP contribution in [0.15, 0.2) is 29.3 Å². The second-order valence-electron chi connectivity index (χ2n) is 5.93. The van der Waals surface area contributed by atoms with Gasteiger partial charge in [-0.15, -0.1) is 0 Å². The van der Waals surface area contributed by atoms with E-state index in [4.69, 9.17) is 4.99 Å². The zero-order valence-electron chi connectivity index (χ0n) is 12.4. The average Bonchev–Trinajstić information content (AvgIpc) is 3.29. The minimum atomic E-state index is 0.592. The number of guanidine groups is 1. The molecule has 1 unspecified atom stereocenters. The lowest BCUT2D eigenvalue weighted by molar-refractivity contribution is 0.559. The predicted octanol–water partition coefficient (Wildman–Crippen LogP) is 2.82. The highest BCUT2D eigenvalue weighted by atomic mass is 15.2. The quantitative estimate of drug-likeness (QED) is 0.652. The van der Waals surface area contributed by atoms with E-state index < -0.39 is 0 Å². The van der Waals surface area contributed by atoms with Crippen molar-refractivity contribution in [3.05, 3.63) is 35.4 Å². The molecule has 2 aliphatic rings. The molecule has 1 fully saturated rings. The summed E-state index contributed by atoms with van der Waals surface area (Å²) < 4.78 is 0. The Kier molecular flexibility index (Phi) is 4.24. The van der Waals surface area contributed by atoms with Gasteiger partial charge in [0.25, 0.3) is 0 Å². The Labute approximate surface area is 121 Å². The molecule has 0 heterocycles. The van der Waals surface area contributed by atoms with Crippen LogP contribution in [0.25, 0.3) is 0 Å². The molecule has 0 amide bonds. The molecule has 2 aliphatic carbocycles. The van der Waals surface area contributed by atoms with Crippen molar-refractivity contribution < 1.29 is 0 Å². The predicted molar refractivity (Wildman–Crippen MR) is 84.3 cm³/mol. The summed E-state index contributed by atoms with van der Waals surface area (Å²) in [6.07, 6.45) is 6.37. The molecule has 3 rings (SSSR count). The standard InChI is InChI=1S/C17H25N3/c1-2-18-17(20-15-10-11-15)19-12-14-8-5-7-13-6-3-4-9-16(13)14/h3-4,6,9,14-15H,2,5,7-8,10-12H2,1H3,(H2,18,19,20). The maximum absolute atomic E-state index is 4.81. The van der Waals surface area contributed by atoms with Gasteiger partial charge in [-0.2, -0.15) is 0 Å². The number of hydrogen-bond donors (Lipinski definition) is 2. The van der Waals surface area contributed by atoms with Gasteiger partial charge in [0.15, 0.2) is 5.96 Å². The SMILES string of the molecule is CCNC(=NCC1CCCc2ccccc21)NC1CC1. The fourth-order valence-electron chi connectivity index (χ4n) is 2.99. The number of rotatable bonds is 4. The topological polar surface area (TPSA) is 36.4 Å². The van der Waals surface area contributed by atoms with Gasteiger partial charge in [-0.05, 0) is 50.2 Å². The normalized spacial score (nSPS) is 22.2. The molecule has 1 atom stereocenters. The molecular formula is C17H25N3. The van der Waals surface area contributed by atoms with Gasteiger partial charge >= 0.3 is 0 Å². The third-order valence-electron chi connectivity index (χ3n) is 4.23. The van der Waals surface area contributed by atoms with E-state index in [1.54, 1.807) is 0 Å². The summed E-state index contributed by atoms with van der Waals surface area (Å²) in [6, 6.07) is 9.54. The van der Waals surface area contributed by atoms with Gasteiger partial charge in [0.2, 0.25) is 0 Å². The van der Waals surface area contributed by atoms with Crippen LogP contribution >= 0.6 is 0 Å². The monoisotopic (exact) mass is 271 g/mol. The smallest absolute Gasteiger partial charge is 0.191 e. The van der Waals surface area contributed by atoms with E-state index in [-0.39, 0.29) is 0 Å². The fraction of sp³-hybridized carbons (Fsp3) is 0.588. The van der Waals surface area contributed by atoms with Crippen LogP contribution < -0.4 is 10.6 Å². The van der Waals surface area contributed by atoms with E-state index in [0.717, 1.165) is 19.0 Å². The van der Waals surface area contributed by atoms with Gasteiger partial charge in [0.1, 0.15) is 0 Å². The molecule has 0 aromatic heterocycles. The summed E-state index contributed by atoms with van der Waals surface area (Å²) in [5.41, 5.74) is 3.05. The number of nitrogens with zero attached hydrogens (tertiary/aromatic N) is 1. The number of aliphatic imine (C=N–C) groups is 1. The summed E-state index contributed by atoms with van der Waals surface area (Å²) in [5, 5.41) is 6.85. The van der Waals surface area contributed by atoms with Gasteiger partial charge in [-0.25, -0.2) is 0 Å². The summed E-state index contributed by atoms with van der Waals surface area (Å²) in [7, 11) is 0. The number of fused-ring (bicyclic) bond motifs is 1. The minimum Gasteiger partial charge on any atom is -0.357 e. The Morgan fingerprint density at radius 2 is 2.10 bits per heavy atom. The zero-order valence-corrected chi connectivity index (χ0v) is 12.4. The molecule has 108 valence electrons. The van der Waals surface area contributed by atoms with Crippen LogP contribution in [0.1, 0.15) is 49.7 Å².